The van der Waals surface area contributed by atoms with Crippen LogP contribution in [0.1, 0.15) is 21.5 Å². The van der Waals surface area contributed by atoms with Crippen LogP contribution in [-0.4, -0.2) is 25.1 Å². The molecule has 0 radical (unpaired) electrons. The van der Waals surface area contributed by atoms with Gasteiger partial charge in [-0.25, -0.2) is 0 Å². The first-order valence-electron chi connectivity index (χ1n) is 6.76. The van der Waals surface area contributed by atoms with Crippen LogP contribution in [-0.2, 0) is 0 Å². The number of rotatable bonds is 5. The summed E-state index contributed by atoms with van der Waals surface area (Å²) >= 11 is 0. The van der Waals surface area contributed by atoms with Crippen molar-refractivity contribution in [1.29, 1.82) is 5.26 Å². The van der Waals surface area contributed by atoms with E-state index in [4.69, 9.17) is 14.7 Å². The van der Waals surface area contributed by atoms with Crippen LogP contribution in [0.15, 0.2) is 42.5 Å². The first kappa shape index (κ1) is 16.1. The number of phenols is 1. The molecular weight excluding hydrogens is 294 g/mol. The summed E-state index contributed by atoms with van der Waals surface area (Å²) in [5.41, 5.74) is 1.63. The molecule has 0 aromatic heterocycles. The Bertz CT molecular complexity index is 761. The molecule has 23 heavy (non-hydrogen) atoms. The standard InChI is InChI=1S/C18H15NO4/c1-22-16-9-13(10-17(23-2)18(16)21)5-8-15(20)14-6-3-12(11-19)4-7-14/h3-10,21H,1-2H3. The molecule has 116 valence electrons. The fraction of sp³-hybridized carbons (Fsp3) is 0.111. The third-order valence-electron chi connectivity index (χ3n) is 3.23. The van der Waals surface area contributed by atoms with E-state index >= 15 is 0 Å². The number of ether oxygens (including phenoxy) is 2. The van der Waals surface area contributed by atoms with E-state index in [2.05, 4.69) is 0 Å². The van der Waals surface area contributed by atoms with Gasteiger partial charge in [-0.2, -0.15) is 5.26 Å². The summed E-state index contributed by atoms with van der Waals surface area (Å²) in [5, 5.41) is 18.6. The molecule has 0 atom stereocenters. The zero-order chi connectivity index (χ0) is 16.8. The number of hydrogen-bond donors (Lipinski definition) is 1. The van der Waals surface area contributed by atoms with E-state index in [1.807, 2.05) is 6.07 Å². The first-order valence-corrected chi connectivity index (χ1v) is 6.76. The van der Waals surface area contributed by atoms with Crippen LogP contribution in [0.2, 0.25) is 0 Å². The SMILES string of the molecule is COc1cc(C=CC(=O)c2ccc(C#N)cc2)cc(OC)c1O. The molecule has 0 spiro atoms. The van der Waals surface area contributed by atoms with Crippen molar-refractivity contribution in [1.82, 2.24) is 0 Å². The van der Waals surface area contributed by atoms with Crippen LogP contribution in [0.3, 0.4) is 0 Å². The van der Waals surface area contributed by atoms with Crippen LogP contribution in [0.25, 0.3) is 6.08 Å². The summed E-state index contributed by atoms with van der Waals surface area (Å²) < 4.78 is 10.1. The predicted octanol–water partition coefficient (Wildman–Crippen LogP) is 3.18. The maximum Gasteiger partial charge on any atom is 0.200 e. The number of benzene rings is 2. The minimum Gasteiger partial charge on any atom is -0.502 e. The average Bonchev–Trinajstić information content (AvgIpc) is 2.60. The van der Waals surface area contributed by atoms with Gasteiger partial charge >= 0.3 is 0 Å². The van der Waals surface area contributed by atoms with E-state index in [1.54, 1.807) is 42.5 Å². The summed E-state index contributed by atoms with van der Waals surface area (Å²) in [5.74, 6) is 0.232. The third kappa shape index (κ3) is 3.69. The highest BCUT2D eigenvalue weighted by Gasteiger charge is 2.10. The lowest BCUT2D eigenvalue weighted by Gasteiger charge is -2.09. The smallest absolute Gasteiger partial charge is 0.200 e. The molecule has 0 unspecified atom stereocenters. The Morgan fingerprint density at radius 1 is 1.13 bits per heavy atom. The zero-order valence-corrected chi connectivity index (χ0v) is 12.7. The third-order valence-corrected chi connectivity index (χ3v) is 3.23. The highest BCUT2D eigenvalue weighted by molar-refractivity contribution is 6.06. The molecule has 0 amide bonds. The van der Waals surface area contributed by atoms with Crippen LogP contribution in [0.5, 0.6) is 17.2 Å². The second-order valence-electron chi connectivity index (χ2n) is 4.66. The maximum atomic E-state index is 12.1. The lowest BCUT2D eigenvalue weighted by molar-refractivity contribution is 0.104. The van der Waals surface area contributed by atoms with Gasteiger partial charge in [0.1, 0.15) is 0 Å². The van der Waals surface area contributed by atoms with Gasteiger partial charge in [-0.1, -0.05) is 6.08 Å². The maximum absolute atomic E-state index is 12.1. The van der Waals surface area contributed by atoms with E-state index < -0.39 is 0 Å². The number of aromatic hydroxyl groups is 1. The topological polar surface area (TPSA) is 79.6 Å². The van der Waals surface area contributed by atoms with Crippen molar-refractivity contribution in [3.8, 4) is 23.3 Å². The van der Waals surface area contributed by atoms with Crippen molar-refractivity contribution in [2.45, 2.75) is 0 Å². The lowest BCUT2D eigenvalue weighted by atomic mass is 10.1. The number of carbonyl (C=O) groups excluding carboxylic acids is 1. The molecular formula is C18H15NO4. The van der Waals surface area contributed by atoms with E-state index in [0.717, 1.165) is 0 Å². The monoisotopic (exact) mass is 309 g/mol. The Hall–Kier alpha value is -3.26. The number of methoxy groups -OCH3 is 2. The Balaban J connectivity index is 2.25. The second-order valence-corrected chi connectivity index (χ2v) is 4.66. The molecule has 0 heterocycles. The Morgan fingerprint density at radius 3 is 2.17 bits per heavy atom. The number of nitrogens with zero attached hydrogens (tertiary/aromatic N) is 1. The van der Waals surface area contributed by atoms with Crippen LogP contribution >= 0.6 is 0 Å². The largest absolute Gasteiger partial charge is 0.502 e. The molecule has 0 bridgehead atoms. The highest BCUT2D eigenvalue weighted by atomic mass is 16.5. The zero-order valence-electron chi connectivity index (χ0n) is 12.7. The van der Waals surface area contributed by atoms with Crippen molar-refractivity contribution in [2.75, 3.05) is 14.2 Å². The quantitative estimate of drug-likeness (QED) is 0.678. The lowest BCUT2D eigenvalue weighted by Crippen LogP contribution is -1.94. The van der Waals surface area contributed by atoms with Gasteiger partial charge < -0.3 is 14.6 Å². The van der Waals surface area contributed by atoms with Gasteiger partial charge in [-0.15, -0.1) is 0 Å². The minimum absolute atomic E-state index is 0.0921. The highest BCUT2D eigenvalue weighted by Crippen LogP contribution is 2.37. The molecule has 2 aromatic carbocycles. The van der Waals surface area contributed by atoms with Crippen molar-refractivity contribution in [3.63, 3.8) is 0 Å². The molecule has 0 fully saturated rings. The summed E-state index contributed by atoms with van der Waals surface area (Å²) in [6.07, 6.45) is 3.01. The molecule has 2 rings (SSSR count). The number of hydrogen-bond acceptors (Lipinski definition) is 5. The predicted molar refractivity (Wildman–Crippen MR) is 85.7 cm³/mol. The average molecular weight is 309 g/mol. The van der Waals surface area contributed by atoms with Crippen molar-refractivity contribution >= 4 is 11.9 Å². The van der Waals surface area contributed by atoms with Gasteiger partial charge in [0.2, 0.25) is 5.75 Å². The molecule has 0 aliphatic carbocycles. The number of nitriles is 1. The van der Waals surface area contributed by atoms with E-state index in [9.17, 15) is 9.90 Å². The summed E-state index contributed by atoms with van der Waals surface area (Å²) in [6, 6.07) is 11.6. The fourth-order valence-corrected chi connectivity index (χ4v) is 1.99. The molecule has 5 nitrogen and oxygen atoms in total. The van der Waals surface area contributed by atoms with Crippen molar-refractivity contribution in [3.05, 3.63) is 59.2 Å². The Morgan fingerprint density at radius 2 is 1.70 bits per heavy atom. The van der Waals surface area contributed by atoms with Gasteiger partial charge in [-0.3, -0.25) is 4.79 Å². The summed E-state index contributed by atoms with van der Waals surface area (Å²) in [4.78, 5) is 12.1. The molecule has 1 N–H and O–H groups in total. The second kappa shape index (κ2) is 7.14. The molecule has 2 aromatic rings. The van der Waals surface area contributed by atoms with E-state index in [0.29, 0.717) is 16.7 Å². The van der Waals surface area contributed by atoms with Gasteiger partial charge in [0, 0.05) is 5.56 Å². The molecule has 0 saturated heterocycles. The number of phenolic OH excluding ortho intramolecular Hbond substituents is 1. The number of carbonyl (C=O) groups is 1. The number of ketones is 1. The van der Waals surface area contributed by atoms with Crippen LogP contribution in [0.4, 0.5) is 0 Å². The van der Waals surface area contributed by atoms with Crippen molar-refractivity contribution < 1.29 is 19.4 Å². The molecule has 0 aliphatic heterocycles. The summed E-state index contributed by atoms with van der Waals surface area (Å²) in [6.45, 7) is 0. The fourth-order valence-electron chi connectivity index (χ4n) is 1.99. The normalized spacial score (nSPS) is 10.3. The van der Waals surface area contributed by atoms with Gasteiger partial charge in [0.05, 0.1) is 25.9 Å². The number of allylic oxidation sites excluding steroid dienone is 1. The van der Waals surface area contributed by atoms with E-state index in [-0.39, 0.29) is 23.0 Å². The van der Waals surface area contributed by atoms with Crippen LogP contribution in [0, 0.1) is 11.3 Å². The van der Waals surface area contributed by atoms with Gasteiger partial charge in [0.15, 0.2) is 17.3 Å². The Labute approximate surface area is 134 Å². The van der Waals surface area contributed by atoms with Crippen molar-refractivity contribution in [2.24, 2.45) is 0 Å². The summed E-state index contributed by atoms with van der Waals surface area (Å²) in [7, 11) is 2.87. The molecule has 5 heteroatoms. The van der Waals surface area contributed by atoms with E-state index in [1.165, 1.54) is 20.3 Å². The van der Waals surface area contributed by atoms with Gasteiger partial charge in [0.25, 0.3) is 0 Å². The molecule has 0 saturated carbocycles. The van der Waals surface area contributed by atoms with Gasteiger partial charge in [-0.05, 0) is 48.0 Å². The first-order chi connectivity index (χ1) is 11.1. The minimum atomic E-state index is -0.194. The van der Waals surface area contributed by atoms with Crippen LogP contribution < -0.4 is 9.47 Å². The Kier molecular flexibility index (Phi) is 5.00. The molecule has 0 aliphatic rings.